The van der Waals surface area contributed by atoms with Gasteiger partial charge in [-0.25, -0.2) is 8.42 Å². The molecule has 5 nitrogen and oxygen atoms in total. The monoisotopic (exact) mass is 490 g/mol. The van der Waals surface area contributed by atoms with Crippen molar-refractivity contribution in [2.24, 2.45) is 0 Å². The number of hydrogen-bond donors (Lipinski definition) is 0. The van der Waals surface area contributed by atoms with Gasteiger partial charge in [0.15, 0.2) is 5.75 Å². The Kier molecular flexibility index (Phi) is 7.11. The molecule has 0 radical (unpaired) electrons. The third kappa shape index (κ3) is 6.08. The molecule has 0 N–H and O–H groups in total. The van der Waals surface area contributed by atoms with Crippen LogP contribution in [0.1, 0.15) is 42.7 Å². The van der Waals surface area contributed by atoms with Crippen LogP contribution in [-0.4, -0.2) is 25.3 Å². The summed E-state index contributed by atoms with van der Waals surface area (Å²) in [6.07, 6.45) is 2.67. The fraction of sp³-hybridized carbons (Fsp3) is 0.320. The van der Waals surface area contributed by atoms with Gasteiger partial charge in [-0.05, 0) is 66.3 Å². The maximum Gasteiger partial charge on any atom is 0.404 e. The van der Waals surface area contributed by atoms with Crippen LogP contribution in [0.5, 0.6) is 11.5 Å². The first-order valence-corrected chi connectivity index (χ1v) is 12.7. The number of aromatic nitrogens is 1. The van der Waals surface area contributed by atoms with Crippen LogP contribution in [0, 0.1) is 0 Å². The molecule has 180 valence electrons. The van der Waals surface area contributed by atoms with Crippen LogP contribution >= 0.6 is 0 Å². The second kappa shape index (κ2) is 10.0. The number of para-hydroxylation sites is 1. The fourth-order valence-corrected chi connectivity index (χ4v) is 5.61. The van der Waals surface area contributed by atoms with Gasteiger partial charge in [0.25, 0.3) is 0 Å². The lowest BCUT2D eigenvalue weighted by Crippen LogP contribution is -2.37. The van der Waals surface area contributed by atoms with E-state index in [1.54, 1.807) is 24.3 Å². The van der Waals surface area contributed by atoms with Crippen molar-refractivity contribution in [1.82, 2.24) is 4.98 Å². The Bertz CT molecular complexity index is 1190. The molecule has 1 fully saturated rings. The molecule has 1 aromatic heterocycles. The van der Waals surface area contributed by atoms with E-state index in [0.29, 0.717) is 17.2 Å². The van der Waals surface area contributed by atoms with Gasteiger partial charge in [0, 0.05) is 12.4 Å². The number of hydrogen-bond acceptors (Lipinski definition) is 4. The van der Waals surface area contributed by atoms with E-state index in [-0.39, 0.29) is 12.2 Å². The van der Waals surface area contributed by atoms with Crippen LogP contribution in [-0.2, 0) is 16.6 Å². The number of pyridine rings is 1. The van der Waals surface area contributed by atoms with Gasteiger partial charge in [-0.2, -0.15) is 13.2 Å². The Labute approximate surface area is 197 Å². The first-order valence-electron chi connectivity index (χ1n) is 11.0. The van der Waals surface area contributed by atoms with Gasteiger partial charge in [0.05, 0.1) is 12.2 Å². The lowest BCUT2D eigenvalue weighted by Gasteiger charge is -2.25. The van der Waals surface area contributed by atoms with Gasteiger partial charge >= 0.3 is 6.18 Å². The Hall–Kier alpha value is -3.07. The zero-order chi connectivity index (χ0) is 24.2. The minimum atomic E-state index is -4.86. The molecule has 2 aromatic carbocycles. The summed E-state index contributed by atoms with van der Waals surface area (Å²) in [5.74, 6) is -0.298. The van der Waals surface area contributed by atoms with E-state index in [0.717, 1.165) is 28.5 Å². The Balaban J connectivity index is 1.59. The van der Waals surface area contributed by atoms with Gasteiger partial charge < -0.3 is 4.74 Å². The zero-order valence-electron chi connectivity index (χ0n) is 18.4. The van der Waals surface area contributed by atoms with Gasteiger partial charge in [-0.1, -0.05) is 37.1 Å². The quantitative estimate of drug-likeness (QED) is 0.365. The normalized spacial score (nSPS) is 14.8. The average molecular weight is 491 g/mol. The second-order valence-electron chi connectivity index (χ2n) is 8.35. The minimum absolute atomic E-state index is 0.115. The maximum atomic E-state index is 13.0. The summed E-state index contributed by atoms with van der Waals surface area (Å²) in [7, 11) is -4.68. The van der Waals surface area contributed by atoms with E-state index < -0.39 is 22.0 Å². The number of ether oxygens (including phenoxy) is 1. The SMILES string of the molecule is O=S(=O)(CC(F)(F)F)N(Cc1cccnc1)c1ccc(Oc2ccccc2C2CCCC2)cc1. The fourth-order valence-electron chi connectivity index (χ4n) is 4.25. The molecular formula is C25H25F3N2O3S. The minimum Gasteiger partial charge on any atom is -0.457 e. The van der Waals surface area contributed by atoms with Crippen molar-refractivity contribution in [2.45, 2.75) is 44.3 Å². The molecule has 1 aliphatic carbocycles. The average Bonchev–Trinajstić information content (AvgIpc) is 3.32. The van der Waals surface area contributed by atoms with E-state index in [1.807, 2.05) is 18.2 Å². The van der Waals surface area contributed by atoms with Crippen LogP contribution in [0.4, 0.5) is 18.9 Å². The van der Waals surface area contributed by atoms with Crippen molar-refractivity contribution >= 4 is 15.7 Å². The molecule has 34 heavy (non-hydrogen) atoms. The van der Waals surface area contributed by atoms with Gasteiger partial charge in [0.1, 0.15) is 11.5 Å². The summed E-state index contributed by atoms with van der Waals surface area (Å²) in [6, 6.07) is 17.1. The van der Waals surface area contributed by atoms with Gasteiger partial charge in [-0.3, -0.25) is 9.29 Å². The molecule has 0 unspecified atom stereocenters. The largest absolute Gasteiger partial charge is 0.457 e. The van der Waals surface area contributed by atoms with Crippen LogP contribution in [0.2, 0.25) is 0 Å². The third-order valence-electron chi connectivity index (χ3n) is 5.80. The number of halogens is 3. The molecule has 3 aromatic rings. The number of nitrogens with zero attached hydrogens (tertiary/aromatic N) is 2. The summed E-state index contributed by atoms with van der Waals surface area (Å²) in [5.41, 5.74) is 1.72. The summed E-state index contributed by atoms with van der Waals surface area (Å²) >= 11 is 0. The van der Waals surface area contributed by atoms with E-state index in [2.05, 4.69) is 11.1 Å². The van der Waals surface area contributed by atoms with Crippen LogP contribution in [0.15, 0.2) is 73.1 Å². The lowest BCUT2D eigenvalue weighted by molar-refractivity contribution is -0.106. The molecular weight excluding hydrogens is 465 g/mol. The van der Waals surface area contributed by atoms with Crippen LogP contribution < -0.4 is 9.04 Å². The molecule has 0 aliphatic heterocycles. The highest BCUT2D eigenvalue weighted by atomic mass is 32.2. The highest BCUT2D eigenvalue weighted by Gasteiger charge is 2.38. The summed E-state index contributed by atoms with van der Waals surface area (Å²) < 4.78 is 71.2. The first kappa shape index (κ1) is 24.1. The Morgan fingerprint density at radius 2 is 1.68 bits per heavy atom. The van der Waals surface area contributed by atoms with Crippen molar-refractivity contribution in [3.63, 3.8) is 0 Å². The standard InChI is InChI=1S/C25H25F3N2O3S/c26-25(27,28)18-34(31,32)30(17-19-6-5-15-29-16-19)21-11-13-22(14-12-21)33-24-10-4-3-9-23(24)20-7-1-2-8-20/h3-6,9-16,20H,1-2,7-8,17-18H2. The molecule has 1 heterocycles. The predicted molar refractivity (Wildman–Crippen MR) is 124 cm³/mol. The van der Waals surface area contributed by atoms with Crippen LogP contribution in [0.25, 0.3) is 0 Å². The maximum absolute atomic E-state index is 13.0. The number of benzene rings is 2. The molecule has 9 heteroatoms. The summed E-state index contributed by atoms with van der Waals surface area (Å²) in [4.78, 5) is 3.93. The van der Waals surface area contributed by atoms with Gasteiger partial charge in [-0.15, -0.1) is 0 Å². The second-order valence-corrected chi connectivity index (χ2v) is 10.2. The number of rotatable bonds is 8. The van der Waals surface area contributed by atoms with Crippen molar-refractivity contribution in [3.05, 3.63) is 84.2 Å². The molecule has 1 aliphatic rings. The smallest absolute Gasteiger partial charge is 0.404 e. The molecule has 0 spiro atoms. The molecule has 0 amide bonds. The summed E-state index contributed by atoms with van der Waals surface area (Å²) in [6.45, 7) is -0.267. The van der Waals surface area contributed by atoms with E-state index >= 15 is 0 Å². The zero-order valence-corrected chi connectivity index (χ0v) is 19.2. The highest BCUT2D eigenvalue weighted by Crippen LogP contribution is 2.40. The molecule has 0 atom stereocenters. The number of sulfonamides is 1. The van der Waals surface area contributed by atoms with Crippen molar-refractivity contribution < 1.29 is 26.3 Å². The van der Waals surface area contributed by atoms with Crippen molar-refractivity contribution in [3.8, 4) is 11.5 Å². The number of alkyl halides is 3. The Morgan fingerprint density at radius 3 is 2.32 bits per heavy atom. The third-order valence-corrected chi connectivity index (χ3v) is 7.50. The molecule has 0 saturated heterocycles. The molecule has 0 bridgehead atoms. The van der Waals surface area contributed by atoms with Gasteiger partial charge in [0.2, 0.25) is 10.0 Å². The van der Waals surface area contributed by atoms with Crippen LogP contribution in [0.3, 0.4) is 0 Å². The first-order chi connectivity index (χ1) is 16.2. The van der Waals surface area contributed by atoms with E-state index in [1.165, 1.54) is 37.4 Å². The predicted octanol–water partition coefficient (Wildman–Crippen LogP) is 6.43. The van der Waals surface area contributed by atoms with E-state index in [9.17, 15) is 21.6 Å². The topological polar surface area (TPSA) is 59.5 Å². The summed E-state index contributed by atoms with van der Waals surface area (Å²) in [5, 5.41) is 0. The lowest BCUT2D eigenvalue weighted by atomic mass is 9.97. The van der Waals surface area contributed by atoms with E-state index in [4.69, 9.17) is 4.74 Å². The Morgan fingerprint density at radius 1 is 0.971 bits per heavy atom. The highest BCUT2D eigenvalue weighted by molar-refractivity contribution is 7.92. The molecule has 4 rings (SSSR count). The van der Waals surface area contributed by atoms with Crippen molar-refractivity contribution in [1.29, 1.82) is 0 Å². The molecule has 1 saturated carbocycles. The van der Waals surface area contributed by atoms with Crippen molar-refractivity contribution in [2.75, 3.05) is 10.1 Å². The number of anilines is 1.